The molecule has 2 heterocycles. The summed E-state index contributed by atoms with van der Waals surface area (Å²) in [5, 5.41) is 4.12. The van der Waals surface area contributed by atoms with Crippen LogP contribution in [0.2, 0.25) is 0 Å². The van der Waals surface area contributed by atoms with Crippen molar-refractivity contribution in [2.45, 2.75) is 25.3 Å². The Morgan fingerprint density at radius 1 is 1.00 bits per heavy atom. The lowest BCUT2D eigenvalue weighted by Gasteiger charge is -2.33. The highest BCUT2D eigenvalue weighted by Crippen LogP contribution is 2.32. The third kappa shape index (κ3) is 3.94. The first-order valence-electron chi connectivity index (χ1n) is 9.62. The largest absolute Gasteiger partial charge is 0.497 e. The highest BCUT2D eigenvalue weighted by molar-refractivity contribution is 5.94. The van der Waals surface area contributed by atoms with Gasteiger partial charge < -0.3 is 18.9 Å². The molecule has 0 aliphatic carbocycles. The van der Waals surface area contributed by atoms with Crippen LogP contribution in [0, 0.1) is 0 Å². The molecule has 0 unspecified atom stereocenters. The van der Waals surface area contributed by atoms with Gasteiger partial charge in [0.15, 0.2) is 0 Å². The second kappa shape index (κ2) is 8.34. The lowest BCUT2D eigenvalue weighted by Crippen LogP contribution is -2.38. The van der Waals surface area contributed by atoms with Crippen LogP contribution in [0.1, 0.15) is 41.6 Å². The number of carbonyl (C=O) groups excluding carboxylic acids is 1. The number of aromatic nitrogens is 2. The topological polar surface area (TPSA) is 77.7 Å². The summed E-state index contributed by atoms with van der Waals surface area (Å²) in [7, 11) is 3.23. The molecule has 0 N–H and O–H groups in total. The molecule has 0 bridgehead atoms. The summed E-state index contributed by atoms with van der Waals surface area (Å²) in [4.78, 5) is 19.5. The quantitative estimate of drug-likeness (QED) is 0.649. The van der Waals surface area contributed by atoms with Gasteiger partial charge in [-0.25, -0.2) is 0 Å². The first kappa shape index (κ1) is 19.0. The standard InChI is InChI=1S/C22H23N3O4/c1-27-17-10-6-15(7-11-17)20-23-21(29-24-20)19-5-3-4-14-25(19)22(26)16-8-12-18(28-2)13-9-16/h6-13,19H,3-5,14H2,1-2H3/t19-/m1/s1. The predicted octanol–water partition coefficient (Wildman–Crippen LogP) is 4.12. The lowest BCUT2D eigenvalue weighted by atomic mass is 10.0. The number of ether oxygens (including phenoxy) is 2. The van der Waals surface area contributed by atoms with Crippen molar-refractivity contribution in [3.8, 4) is 22.9 Å². The van der Waals surface area contributed by atoms with E-state index in [9.17, 15) is 4.79 Å². The highest BCUT2D eigenvalue weighted by atomic mass is 16.5. The van der Waals surface area contributed by atoms with E-state index in [0.717, 1.165) is 36.3 Å². The lowest BCUT2D eigenvalue weighted by molar-refractivity contribution is 0.0561. The molecule has 29 heavy (non-hydrogen) atoms. The van der Waals surface area contributed by atoms with E-state index < -0.39 is 0 Å². The average molecular weight is 393 g/mol. The van der Waals surface area contributed by atoms with E-state index >= 15 is 0 Å². The molecule has 150 valence electrons. The molecule has 1 aliphatic heterocycles. The average Bonchev–Trinajstić information content (AvgIpc) is 3.29. The first-order chi connectivity index (χ1) is 14.2. The van der Waals surface area contributed by atoms with E-state index in [-0.39, 0.29) is 11.9 Å². The molecular weight excluding hydrogens is 370 g/mol. The van der Waals surface area contributed by atoms with Crippen molar-refractivity contribution in [2.24, 2.45) is 0 Å². The molecule has 1 fully saturated rings. The monoisotopic (exact) mass is 393 g/mol. The van der Waals surface area contributed by atoms with Crippen LogP contribution < -0.4 is 9.47 Å². The van der Waals surface area contributed by atoms with Crippen LogP contribution in [0.4, 0.5) is 0 Å². The zero-order valence-electron chi connectivity index (χ0n) is 16.5. The molecule has 1 aliphatic rings. The maximum absolute atomic E-state index is 13.1. The minimum Gasteiger partial charge on any atom is -0.497 e. The minimum absolute atomic E-state index is 0.0402. The Hall–Kier alpha value is -3.35. The van der Waals surface area contributed by atoms with E-state index in [4.69, 9.17) is 14.0 Å². The van der Waals surface area contributed by atoms with Gasteiger partial charge in [0, 0.05) is 17.7 Å². The number of benzene rings is 2. The number of hydrogen-bond acceptors (Lipinski definition) is 6. The predicted molar refractivity (Wildman–Crippen MR) is 107 cm³/mol. The van der Waals surface area contributed by atoms with Crippen molar-refractivity contribution < 1.29 is 18.8 Å². The summed E-state index contributed by atoms with van der Waals surface area (Å²) >= 11 is 0. The Labute approximate surface area is 169 Å². The summed E-state index contributed by atoms with van der Waals surface area (Å²) in [6.07, 6.45) is 2.77. The normalized spacial score (nSPS) is 16.5. The summed E-state index contributed by atoms with van der Waals surface area (Å²) in [5.74, 6) is 2.42. The van der Waals surface area contributed by atoms with Crippen molar-refractivity contribution in [3.05, 3.63) is 60.0 Å². The number of nitrogens with zero attached hydrogens (tertiary/aromatic N) is 3. The zero-order valence-corrected chi connectivity index (χ0v) is 16.5. The van der Waals surface area contributed by atoms with Gasteiger partial charge in [0.25, 0.3) is 5.91 Å². The third-order valence-corrected chi connectivity index (χ3v) is 5.18. The molecule has 2 aromatic carbocycles. The minimum atomic E-state index is -0.224. The molecule has 7 nitrogen and oxygen atoms in total. The second-order valence-electron chi connectivity index (χ2n) is 6.92. The Balaban J connectivity index is 1.57. The number of hydrogen-bond donors (Lipinski definition) is 0. The summed E-state index contributed by atoms with van der Waals surface area (Å²) in [6, 6.07) is 14.4. The SMILES string of the molecule is COc1ccc(C(=O)N2CCCC[C@@H]2c2nc(-c3ccc(OC)cc3)no2)cc1. The molecule has 7 heteroatoms. The Morgan fingerprint density at radius 2 is 1.66 bits per heavy atom. The van der Waals surface area contributed by atoms with Crippen LogP contribution in [0.15, 0.2) is 53.1 Å². The summed E-state index contributed by atoms with van der Waals surface area (Å²) in [5.41, 5.74) is 1.46. The smallest absolute Gasteiger partial charge is 0.254 e. The fourth-order valence-electron chi connectivity index (χ4n) is 3.56. The molecule has 1 saturated heterocycles. The molecule has 0 radical (unpaired) electrons. The van der Waals surface area contributed by atoms with E-state index in [1.54, 1.807) is 38.5 Å². The van der Waals surface area contributed by atoms with Gasteiger partial charge in [-0.05, 0) is 67.8 Å². The second-order valence-corrected chi connectivity index (χ2v) is 6.92. The van der Waals surface area contributed by atoms with Crippen molar-refractivity contribution in [3.63, 3.8) is 0 Å². The zero-order chi connectivity index (χ0) is 20.2. The van der Waals surface area contributed by atoms with Crippen LogP contribution in [0.25, 0.3) is 11.4 Å². The van der Waals surface area contributed by atoms with Crippen molar-refractivity contribution in [2.75, 3.05) is 20.8 Å². The Morgan fingerprint density at radius 3 is 2.31 bits per heavy atom. The van der Waals surface area contributed by atoms with E-state index in [1.807, 2.05) is 29.2 Å². The molecule has 1 atom stereocenters. The van der Waals surface area contributed by atoms with E-state index in [2.05, 4.69) is 10.1 Å². The number of amides is 1. The fourth-order valence-corrected chi connectivity index (χ4v) is 3.56. The molecular formula is C22H23N3O4. The number of rotatable bonds is 5. The van der Waals surface area contributed by atoms with Gasteiger partial charge in [-0.3, -0.25) is 4.79 Å². The van der Waals surface area contributed by atoms with Gasteiger partial charge in [-0.15, -0.1) is 0 Å². The maximum Gasteiger partial charge on any atom is 0.254 e. The molecule has 1 amide bonds. The first-order valence-corrected chi connectivity index (χ1v) is 9.62. The van der Waals surface area contributed by atoms with Crippen LogP contribution in [0.3, 0.4) is 0 Å². The van der Waals surface area contributed by atoms with Crippen LogP contribution in [0.5, 0.6) is 11.5 Å². The van der Waals surface area contributed by atoms with Crippen molar-refractivity contribution in [1.29, 1.82) is 0 Å². The highest BCUT2D eigenvalue weighted by Gasteiger charge is 2.32. The third-order valence-electron chi connectivity index (χ3n) is 5.18. The Kier molecular flexibility index (Phi) is 5.46. The van der Waals surface area contributed by atoms with Crippen molar-refractivity contribution >= 4 is 5.91 Å². The van der Waals surface area contributed by atoms with E-state index in [0.29, 0.717) is 23.8 Å². The van der Waals surface area contributed by atoms with Crippen LogP contribution >= 0.6 is 0 Å². The Bertz CT molecular complexity index is 966. The molecule has 0 spiro atoms. The van der Waals surface area contributed by atoms with E-state index in [1.165, 1.54) is 0 Å². The molecule has 1 aromatic heterocycles. The molecule has 4 rings (SSSR count). The fraction of sp³-hybridized carbons (Fsp3) is 0.318. The number of methoxy groups -OCH3 is 2. The molecule has 3 aromatic rings. The summed E-state index contributed by atoms with van der Waals surface area (Å²) < 4.78 is 15.9. The van der Waals surface area contributed by atoms with Gasteiger partial charge in [0.05, 0.1) is 14.2 Å². The number of piperidine rings is 1. The van der Waals surface area contributed by atoms with Crippen LogP contribution in [-0.2, 0) is 0 Å². The summed E-state index contributed by atoms with van der Waals surface area (Å²) in [6.45, 7) is 0.662. The van der Waals surface area contributed by atoms with Gasteiger partial charge >= 0.3 is 0 Å². The van der Waals surface area contributed by atoms with Gasteiger partial charge in [0.2, 0.25) is 11.7 Å². The van der Waals surface area contributed by atoms with Crippen LogP contribution in [-0.4, -0.2) is 41.7 Å². The number of carbonyl (C=O) groups is 1. The maximum atomic E-state index is 13.1. The van der Waals surface area contributed by atoms with Gasteiger partial charge in [0.1, 0.15) is 17.5 Å². The molecule has 0 saturated carbocycles. The number of likely N-dealkylation sites (tertiary alicyclic amines) is 1. The van der Waals surface area contributed by atoms with Gasteiger partial charge in [-0.2, -0.15) is 4.98 Å². The van der Waals surface area contributed by atoms with Crippen molar-refractivity contribution in [1.82, 2.24) is 15.0 Å². The van der Waals surface area contributed by atoms with Gasteiger partial charge in [-0.1, -0.05) is 5.16 Å².